The highest BCUT2D eigenvalue weighted by Gasteiger charge is 2.45. The lowest BCUT2D eigenvalue weighted by Gasteiger charge is -2.33. The molecule has 7 nitrogen and oxygen atoms in total. The summed E-state index contributed by atoms with van der Waals surface area (Å²) in [5, 5.41) is 19.9. The summed E-state index contributed by atoms with van der Waals surface area (Å²) in [5.74, 6) is -0.818. The molecule has 0 radical (unpaired) electrons. The van der Waals surface area contributed by atoms with E-state index in [1.165, 1.54) is 25.7 Å². The van der Waals surface area contributed by atoms with E-state index < -0.39 is 11.8 Å². The molecule has 0 aromatic rings. The van der Waals surface area contributed by atoms with Gasteiger partial charge < -0.3 is 29.2 Å². The minimum Gasteiger partial charge on any atom is -0.481 e. The van der Waals surface area contributed by atoms with Crippen LogP contribution in [0.2, 0.25) is 0 Å². The molecule has 0 aromatic heterocycles. The molecular formula is C31H54O7. The Bertz CT molecular complexity index is 669. The standard InChI is InChI=1S/C31H54O7/c1-2-3-4-9-13-19-31(36-22-23-37-31)20-18-26-25(15-10-7-5-6-8-11-16-29(33)34)27(32)24-28(26)38-30-17-12-14-21-35-30/h7,10,25-28,30,32H,2-6,8-9,11-24H2,1H3,(H,33,34)/t25-,26-,27+,28-,30?/m1/s1. The highest BCUT2D eigenvalue weighted by Crippen LogP contribution is 2.43. The Morgan fingerprint density at radius 2 is 1.74 bits per heavy atom. The van der Waals surface area contributed by atoms with E-state index in [4.69, 9.17) is 24.1 Å². The number of rotatable bonds is 19. The van der Waals surface area contributed by atoms with Crippen molar-refractivity contribution < 1.29 is 34.0 Å². The lowest BCUT2D eigenvalue weighted by atomic mass is 9.84. The number of hydrogen-bond acceptors (Lipinski definition) is 6. The van der Waals surface area contributed by atoms with E-state index in [0.717, 1.165) is 83.7 Å². The van der Waals surface area contributed by atoms with Gasteiger partial charge in [-0.2, -0.15) is 0 Å². The summed E-state index contributed by atoms with van der Waals surface area (Å²) < 4.78 is 24.8. The lowest BCUT2D eigenvalue weighted by molar-refractivity contribution is -0.201. The van der Waals surface area contributed by atoms with Gasteiger partial charge in [0.1, 0.15) is 0 Å². The third-order valence-electron chi connectivity index (χ3n) is 8.63. The number of carboxylic acid groups (broad SMARTS) is 1. The number of allylic oxidation sites excluding steroid dienone is 2. The predicted octanol–water partition coefficient (Wildman–Crippen LogP) is 6.76. The zero-order valence-electron chi connectivity index (χ0n) is 23.8. The summed E-state index contributed by atoms with van der Waals surface area (Å²) >= 11 is 0. The maximum Gasteiger partial charge on any atom is 0.303 e. The van der Waals surface area contributed by atoms with E-state index in [9.17, 15) is 9.90 Å². The molecule has 1 aliphatic carbocycles. The number of carbonyl (C=O) groups is 1. The molecule has 5 atom stereocenters. The first-order valence-corrected chi connectivity index (χ1v) is 15.6. The Morgan fingerprint density at radius 1 is 0.947 bits per heavy atom. The van der Waals surface area contributed by atoms with Gasteiger partial charge in [0.25, 0.3) is 0 Å². The molecule has 2 N–H and O–H groups in total. The second kappa shape index (κ2) is 17.6. The smallest absolute Gasteiger partial charge is 0.303 e. The summed E-state index contributed by atoms with van der Waals surface area (Å²) in [6.45, 7) is 4.32. The largest absolute Gasteiger partial charge is 0.481 e. The molecule has 0 aromatic carbocycles. The Hall–Kier alpha value is -0.990. The van der Waals surface area contributed by atoms with E-state index in [1.54, 1.807) is 0 Å². The SMILES string of the molecule is CCCCCCCC1(CC[C@@H]2[C@@H](CC=CCCCCCC(=O)O)[C@@H](O)C[C@H]2OC2CCCCO2)OCCO1. The summed E-state index contributed by atoms with van der Waals surface area (Å²) in [5.41, 5.74) is 0. The first kappa shape index (κ1) is 31.5. The normalized spacial score (nSPS) is 29.4. The number of aliphatic carboxylic acids is 1. The van der Waals surface area contributed by atoms with Gasteiger partial charge in [0.2, 0.25) is 0 Å². The monoisotopic (exact) mass is 538 g/mol. The molecule has 3 fully saturated rings. The number of unbranched alkanes of at least 4 members (excludes halogenated alkanes) is 7. The molecule has 2 aliphatic heterocycles. The number of ether oxygens (including phenoxy) is 4. The lowest BCUT2D eigenvalue weighted by Crippen LogP contribution is -2.35. The van der Waals surface area contributed by atoms with Crippen LogP contribution >= 0.6 is 0 Å². The van der Waals surface area contributed by atoms with Gasteiger partial charge in [-0.25, -0.2) is 0 Å². The summed E-state index contributed by atoms with van der Waals surface area (Å²) in [6.07, 6.45) is 21.2. The van der Waals surface area contributed by atoms with Crippen molar-refractivity contribution in [2.24, 2.45) is 11.8 Å². The third kappa shape index (κ3) is 10.9. The zero-order valence-corrected chi connectivity index (χ0v) is 23.8. The summed E-state index contributed by atoms with van der Waals surface area (Å²) in [7, 11) is 0. The minimum atomic E-state index is -0.719. The Kier molecular flexibility index (Phi) is 14.6. The number of aliphatic hydroxyl groups excluding tert-OH is 1. The van der Waals surface area contributed by atoms with Gasteiger partial charge in [-0.05, 0) is 69.6 Å². The van der Waals surface area contributed by atoms with E-state index in [2.05, 4.69) is 19.1 Å². The molecule has 0 bridgehead atoms. The summed E-state index contributed by atoms with van der Waals surface area (Å²) in [4.78, 5) is 10.7. The van der Waals surface area contributed by atoms with Crippen molar-refractivity contribution in [2.75, 3.05) is 19.8 Å². The minimum absolute atomic E-state index is 0.00877. The Labute approximate surface area is 230 Å². The molecule has 2 heterocycles. The van der Waals surface area contributed by atoms with Crippen molar-refractivity contribution in [3.8, 4) is 0 Å². The molecule has 1 saturated carbocycles. The number of aliphatic hydroxyl groups is 1. The highest BCUT2D eigenvalue weighted by molar-refractivity contribution is 5.66. The average molecular weight is 539 g/mol. The summed E-state index contributed by atoms with van der Waals surface area (Å²) in [6, 6.07) is 0. The van der Waals surface area contributed by atoms with E-state index in [0.29, 0.717) is 19.6 Å². The fraction of sp³-hybridized carbons (Fsp3) is 0.903. The van der Waals surface area contributed by atoms with E-state index >= 15 is 0 Å². The molecule has 38 heavy (non-hydrogen) atoms. The maximum atomic E-state index is 11.1. The molecule has 220 valence electrons. The molecule has 0 amide bonds. The van der Waals surface area contributed by atoms with Crippen LogP contribution < -0.4 is 0 Å². The van der Waals surface area contributed by atoms with Gasteiger partial charge in [-0.15, -0.1) is 0 Å². The van der Waals surface area contributed by atoms with Gasteiger partial charge in [0.15, 0.2) is 12.1 Å². The Morgan fingerprint density at radius 3 is 2.47 bits per heavy atom. The zero-order chi connectivity index (χ0) is 27.1. The molecule has 3 aliphatic rings. The number of carboxylic acids is 1. The van der Waals surface area contributed by atoms with Crippen LogP contribution in [0.15, 0.2) is 12.2 Å². The predicted molar refractivity (Wildman–Crippen MR) is 148 cm³/mol. The van der Waals surface area contributed by atoms with Crippen LogP contribution in [-0.4, -0.2) is 60.3 Å². The molecule has 1 unspecified atom stereocenters. The van der Waals surface area contributed by atoms with Crippen molar-refractivity contribution in [3.05, 3.63) is 12.2 Å². The van der Waals surface area contributed by atoms with Gasteiger partial charge in [-0.1, -0.05) is 51.2 Å². The van der Waals surface area contributed by atoms with Crippen LogP contribution in [0.1, 0.15) is 122 Å². The van der Waals surface area contributed by atoms with Crippen molar-refractivity contribution in [1.29, 1.82) is 0 Å². The molecule has 2 saturated heterocycles. The highest BCUT2D eigenvalue weighted by atomic mass is 16.7. The van der Waals surface area contributed by atoms with Gasteiger partial charge in [-0.3, -0.25) is 4.79 Å². The second-order valence-electron chi connectivity index (χ2n) is 11.6. The van der Waals surface area contributed by atoms with Crippen LogP contribution in [0.25, 0.3) is 0 Å². The first-order valence-electron chi connectivity index (χ1n) is 15.6. The van der Waals surface area contributed by atoms with E-state index in [1.807, 2.05) is 0 Å². The second-order valence-corrected chi connectivity index (χ2v) is 11.6. The fourth-order valence-electron chi connectivity index (χ4n) is 6.43. The van der Waals surface area contributed by atoms with E-state index in [-0.39, 0.29) is 36.8 Å². The quantitative estimate of drug-likeness (QED) is 0.139. The van der Waals surface area contributed by atoms with Crippen LogP contribution in [0.4, 0.5) is 0 Å². The topological polar surface area (TPSA) is 94.5 Å². The molecular weight excluding hydrogens is 484 g/mol. The fourth-order valence-corrected chi connectivity index (χ4v) is 6.43. The Balaban J connectivity index is 1.55. The van der Waals surface area contributed by atoms with Gasteiger partial charge >= 0.3 is 5.97 Å². The molecule has 7 heteroatoms. The van der Waals surface area contributed by atoms with Gasteiger partial charge in [0, 0.05) is 32.3 Å². The average Bonchev–Trinajstić information content (AvgIpc) is 3.49. The van der Waals surface area contributed by atoms with Crippen LogP contribution in [-0.2, 0) is 23.7 Å². The first-order chi connectivity index (χ1) is 18.5. The number of hydrogen-bond donors (Lipinski definition) is 2. The van der Waals surface area contributed by atoms with Gasteiger partial charge in [0.05, 0.1) is 25.4 Å². The maximum absolute atomic E-state index is 11.1. The van der Waals surface area contributed by atoms with Crippen molar-refractivity contribution >= 4 is 5.97 Å². The molecule has 3 rings (SSSR count). The van der Waals surface area contributed by atoms with Crippen LogP contribution in [0.5, 0.6) is 0 Å². The van der Waals surface area contributed by atoms with Crippen LogP contribution in [0.3, 0.4) is 0 Å². The van der Waals surface area contributed by atoms with Crippen molar-refractivity contribution in [3.63, 3.8) is 0 Å². The van der Waals surface area contributed by atoms with Crippen molar-refractivity contribution in [2.45, 2.75) is 147 Å². The third-order valence-corrected chi connectivity index (χ3v) is 8.63. The van der Waals surface area contributed by atoms with Crippen molar-refractivity contribution in [1.82, 2.24) is 0 Å². The van der Waals surface area contributed by atoms with Crippen LogP contribution in [0, 0.1) is 11.8 Å². The molecule has 0 spiro atoms.